The van der Waals surface area contributed by atoms with Crippen molar-refractivity contribution < 1.29 is 44.6 Å². The molecule has 0 atom stereocenters. The van der Waals surface area contributed by atoms with Crippen molar-refractivity contribution in [3.8, 4) is 23.0 Å². The fraction of sp³-hybridized carbons (Fsp3) is 0.200. The SMILES string of the molecule is COc1cc(/C=C(\O)C(=O)O)ccc1O.COc1cc(CCC(=O)O)ccc1O. The second-order valence-corrected chi connectivity index (χ2v) is 5.67. The number of aromatic hydroxyl groups is 2. The van der Waals surface area contributed by atoms with Crippen molar-refractivity contribution >= 4 is 18.0 Å². The zero-order valence-corrected chi connectivity index (χ0v) is 15.8. The lowest BCUT2D eigenvalue weighted by Crippen LogP contribution is -1.98. The normalized spacial score (nSPS) is 10.5. The van der Waals surface area contributed by atoms with Crippen LogP contribution in [0.5, 0.6) is 23.0 Å². The highest BCUT2D eigenvalue weighted by Gasteiger charge is 2.06. The molecule has 0 amide bonds. The van der Waals surface area contributed by atoms with Gasteiger partial charge in [0.15, 0.2) is 23.0 Å². The van der Waals surface area contributed by atoms with E-state index in [0.717, 1.165) is 11.6 Å². The molecule has 0 aliphatic heterocycles. The van der Waals surface area contributed by atoms with Crippen LogP contribution in [-0.4, -0.2) is 51.7 Å². The fourth-order valence-electron chi connectivity index (χ4n) is 2.13. The first-order chi connectivity index (χ1) is 13.7. The largest absolute Gasteiger partial charge is 0.504 e. The number of aliphatic hydroxyl groups is 1. The first-order valence-electron chi connectivity index (χ1n) is 8.26. The summed E-state index contributed by atoms with van der Waals surface area (Å²) in [4.78, 5) is 20.6. The molecule has 2 rings (SSSR count). The number of methoxy groups -OCH3 is 2. The van der Waals surface area contributed by atoms with Gasteiger partial charge in [0.05, 0.1) is 14.2 Å². The average Bonchev–Trinajstić information content (AvgIpc) is 2.69. The Hall–Kier alpha value is -3.88. The molecule has 2 aromatic carbocycles. The molecule has 0 saturated carbocycles. The lowest BCUT2D eigenvalue weighted by atomic mass is 10.1. The minimum absolute atomic E-state index is 0.0514. The first-order valence-corrected chi connectivity index (χ1v) is 8.26. The van der Waals surface area contributed by atoms with Gasteiger partial charge >= 0.3 is 11.9 Å². The van der Waals surface area contributed by atoms with E-state index in [0.29, 0.717) is 17.7 Å². The van der Waals surface area contributed by atoms with E-state index < -0.39 is 17.7 Å². The monoisotopic (exact) mass is 406 g/mol. The highest BCUT2D eigenvalue weighted by molar-refractivity contribution is 5.89. The molecule has 0 heterocycles. The fourth-order valence-corrected chi connectivity index (χ4v) is 2.13. The Morgan fingerprint density at radius 1 is 0.897 bits per heavy atom. The number of benzene rings is 2. The Morgan fingerprint density at radius 3 is 1.97 bits per heavy atom. The molecule has 0 bridgehead atoms. The van der Waals surface area contributed by atoms with Crippen LogP contribution in [0.15, 0.2) is 42.2 Å². The van der Waals surface area contributed by atoms with Crippen LogP contribution in [0.2, 0.25) is 0 Å². The number of aliphatic carboxylic acids is 2. The summed E-state index contributed by atoms with van der Waals surface area (Å²) in [7, 11) is 2.83. The van der Waals surface area contributed by atoms with Gasteiger partial charge in [0.1, 0.15) is 0 Å². The molecule has 0 aliphatic rings. The van der Waals surface area contributed by atoms with Gasteiger partial charge in [-0.25, -0.2) is 4.79 Å². The molecule has 0 spiro atoms. The molecule has 0 radical (unpaired) electrons. The average molecular weight is 406 g/mol. The molecule has 9 nitrogen and oxygen atoms in total. The maximum absolute atomic E-state index is 10.3. The number of phenolic OH excluding ortho intramolecular Hbond substituents is 2. The van der Waals surface area contributed by atoms with E-state index in [-0.39, 0.29) is 23.7 Å². The van der Waals surface area contributed by atoms with Gasteiger partial charge in [-0.1, -0.05) is 12.1 Å². The number of hydrogen-bond acceptors (Lipinski definition) is 7. The number of aliphatic hydroxyl groups excluding tert-OH is 1. The van der Waals surface area contributed by atoms with Gasteiger partial charge in [0, 0.05) is 6.42 Å². The van der Waals surface area contributed by atoms with E-state index in [2.05, 4.69) is 0 Å². The zero-order valence-electron chi connectivity index (χ0n) is 15.8. The van der Waals surface area contributed by atoms with Gasteiger partial charge in [-0.3, -0.25) is 4.79 Å². The highest BCUT2D eigenvalue weighted by Crippen LogP contribution is 2.27. The molecule has 9 heteroatoms. The number of rotatable bonds is 7. The third kappa shape index (κ3) is 7.71. The second kappa shape index (κ2) is 11.1. The molecule has 0 aromatic heterocycles. The number of carbonyl (C=O) groups is 2. The van der Waals surface area contributed by atoms with Gasteiger partial charge in [-0.05, 0) is 47.9 Å². The van der Waals surface area contributed by atoms with Crippen molar-refractivity contribution in [3.05, 3.63) is 53.3 Å². The minimum Gasteiger partial charge on any atom is -0.504 e. The van der Waals surface area contributed by atoms with Crippen LogP contribution < -0.4 is 9.47 Å². The Kier molecular flexibility index (Phi) is 8.84. The van der Waals surface area contributed by atoms with Gasteiger partial charge in [0.25, 0.3) is 0 Å². The predicted octanol–water partition coefficient (Wildman–Crippen LogP) is 2.80. The van der Waals surface area contributed by atoms with Crippen LogP contribution in [0.25, 0.3) is 6.08 Å². The van der Waals surface area contributed by atoms with E-state index in [1.807, 2.05) is 0 Å². The smallest absolute Gasteiger partial charge is 0.370 e. The van der Waals surface area contributed by atoms with Crippen molar-refractivity contribution in [2.75, 3.05) is 14.2 Å². The summed E-state index contributed by atoms with van der Waals surface area (Å²) in [6, 6.07) is 9.03. The Labute approximate surface area is 166 Å². The third-order valence-corrected chi connectivity index (χ3v) is 3.60. The van der Waals surface area contributed by atoms with Gasteiger partial charge in [-0.15, -0.1) is 0 Å². The molecule has 0 fully saturated rings. The number of carboxylic acids is 2. The Morgan fingerprint density at radius 2 is 1.45 bits per heavy atom. The third-order valence-electron chi connectivity index (χ3n) is 3.60. The van der Waals surface area contributed by atoms with Crippen molar-refractivity contribution in [2.45, 2.75) is 12.8 Å². The van der Waals surface area contributed by atoms with Crippen molar-refractivity contribution in [1.82, 2.24) is 0 Å². The molecule has 156 valence electrons. The van der Waals surface area contributed by atoms with E-state index in [1.54, 1.807) is 12.1 Å². The molecule has 0 unspecified atom stereocenters. The van der Waals surface area contributed by atoms with Gasteiger partial charge in [0.2, 0.25) is 5.76 Å². The Balaban J connectivity index is 0.000000291. The van der Waals surface area contributed by atoms with Crippen LogP contribution in [-0.2, 0) is 16.0 Å². The van der Waals surface area contributed by atoms with Crippen LogP contribution in [0.1, 0.15) is 17.5 Å². The van der Waals surface area contributed by atoms with E-state index in [1.165, 1.54) is 38.5 Å². The van der Waals surface area contributed by atoms with Crippen LogP contribution in [0.3, 0.4) is 0 Å². The molecular weight excluding hydrogens is 384 g/mol. The lowest BCUT2D eigenvalue weighted by Gasteiger charge is -2.05. The Bertz CT molecular complexity index is 888. The lowest BCUT2D eigenvalue weighted by molar-refractivity contribution is -0.137. The number of phenols is 2. The minimum atomic E-state index is -1.41. The molecular formula is C20H22O9. The maximum Gasteiger partial charge on any atom is 0.370 e. The molecule has 29 heavy (non-hydrogen) atoms. The maximum atomic E-state index is 10.3. The summed E-state index contributed by atoms with van der Waals surface area (Å²) in [5.74, 6) is -2.44. The quantitative estimate of drug-likeness (QED) is 0.345. The van der Waals surface area contributed by atoms with Gasteiger partial charge < -0.3 is 35.0 Å². The number of ether oxygens (including phenoxy) is 2. The number of carboxylic acid groups (broad SMARTS) is 2. The number of aryl methyl sites for hydroxylation is 1. The van der Waals surface area contributed by atoms with E-state index >= 15 is 0 Å². The molecule has 0 aliphatic carbocycles. The van der Waals surface area contributed by atoms with Crippen molar-refractivity contribution in [1.29, 1.82) is 0 Å². The van der Waals surface area contributed by atoms with Crippen molar-refractivity contribution in [3.63, 3.8) is 0 Å². The standard InChI is InChI=1S/C10H10O5.C10H12O4/c1-15-9-5-6(2-3-7(9)11)4-8(12)10(13)14;1-14-9-6-7(2-4-8(9)11)3-5-10(12)13/h2-5,11-12H,1H3,(H,13,14);2,4,6,11H,3,5H2,1H3,(H,12,13)/b8-4-;. The van der Waals surface area contributed by atoms with Crippen LogP contribution in [0, 0.1) is 0 Å². The van der Waals surface area contributed by atoms with Gasteiger partial charge in [-0.2, -0.15) is 0 Å². The summed E-state index contributed by atoms with van der Waals surface area (Å²) in [6.07, 6.45) is 1.57. The topological polar surface area (TPSA) is 154 Å². The van der Waals surface area contributed by atoms with Crippen molar-refractivity contribution in [2.24, 2.45) is 0 Å². The summed E-state index contributed by atoms with van der Waals surface area (Å²) in [5, 5.41) is 44.4. The summed E-state index contributed by atoms with van der Waals surface area (Å²) < 4.78 is 9.71. The molecule has 2 aromatic rings. The highest BCUT2D eigenvalue weighted by atomic mass is 16.5. The van der Waals surface area contributed by atoms with Crippen LogP contribution >= 0.6 is 0 Å². The van der Waals surface area contributed by atoms with E-state index in [4.69, 9.17) is 24.8 Å². The molecule has 0 saturated heterocycles. The second-order valence-electron chi connectivity index (χ2n) is 5.67. The number of hydrogen-bond donors (Lipinski definition) is 5. The molecule has 5 N–H and O–H groups in total. The first kappa shape index (κ1) is 23.2. The predicted molar refractivity (Wildman–Crippen MR) is 104 cm³/mol. The summed E-state index contributed by atoms with van der Waals surface area (Å²) in [6.45, 7) is 0. The summed E-state index contributed by atoms with van der Waals surface area (Å²) in [5.41, 5.74) is 1.26. The zero-order chi connectivity index (χ0) is 22.0. The van der Waals surface area contributed by atoms with E-state index in [9.17, 15) is 19.8 Å². The van der Waals surface area contributed by atoms with Crippen LogP contribution in [0.4, 0.5) is 0 Å². The summed E-state index contributed by atoms with van der Waals surface area (Å²) >= 11 is 0.